The van der Waals surface area contributed by atoms with E-state index in [9.17, 15) is 14.7 Å². The van der Waals surface area contributed by atoms with E-state index in [4.69, 9.17) is 9.47 Å². The molecule has 3 atom stereocenters. The molecule has 1 aliphatic rings. The highest BCUT2D eigenvalue weighted by Crippen LogP contribution is 2.23. The Balaban J connectivity index is 2.72. The summed E-state index contributed by atoms with van der Waals surface area (Å²) in [5.41, 5.74) is 0.432. The lowest BCUT2D eigenvalue weighted by atomic mass is 9.90. The molecule has 1 amide bonds. The minimum Gasteiger partial charge on any atom is -0.463 e. The maximum absolute atomic E-state index is 11.8. The molecular formula is C15H25NO5. The maximum atomic E-state index is 11.8. The van der Waals surface area contributed by atoms with Gasteiger partial charge in [-0.25, -0.2) is 4.79 Å². The predicted molar refractivity (Wildman–Crippen MR) is 77.6 cm³/mol. The van der Waals surface area contributed by atoms with Crippen molar-refractivity contribution in [1.29, 1.82) is 0 Å². The molecule has 0 aromatic carbocycles. The number of hydrogen-bond acceptors (Lipinski definition) is 5. The number of ether oxygens (including phenoxy) is 2. The molecule has 6 heteroatoms. The van der Waals surface area contributed by atoms with Gasteiger partial charge >= 0.3 is 5.97 Å². The Morgan fingerprint density at radius 2 is 2.24 bits per heavy atom. The molecule has 0 aromatic rings. The van der Waals surface area contributed by atoms with Gasteiger partial charge < -0.3 is 19.9 Å². The second kappa shape index (κ2) is 9.52. The Hall–Kier alpha value is -1.40. The van der Waals surface area contributed by atoms with Crippen molar-refractivity contribution in [2.45, 2.75) is 57.8 Å². The lowest BCUT2D eigenvalue weighted by Gasteiger charge is -2.32. The molecule has 0 radical (unpaired) electrons. The summed E-state index contributed by atoms with van der Waals surface area (Å²) >= 11 is 0. The molecule has 2 N–H and O–H groups in total. The summed E-state index contributed by atoms with van der Waals surface area (Å²) in [7, 11) is 0. The van der Waals surface area contributed by atoms with Crippen molar-refractivity contribution in [3.63, 3.8) is 0 Å². The molecular weight excluding hydrogens is 274 g/mol. The van der Waals surface area contributed by atoms with E-state index in [-0.39, 0.29) is 13.0 Å². The van der Waals surface area contributed by atoms with Crippen LogP contribution in [-0.2, 0) is 19.1 Å². The van der Waals surface area contributed by atoms with Crippen LogP contribution in [0.25, 0.3) is 0 Å². The first kappa shape index (κ1) is 17.7. The van der Waals surface area contributed by atoms with E-state index >= 15 is 0 Å². The van der Waals surface area contributed by atoms with Crippen LogP contribution in [0.15, 0.2) is 11.6 Å². The van der Waals surface area contributed by atoms with Gasteiger partial charge in [-0.05, 0) is 19.4 Å². The monoisotopic (exact) mass is 299 g/mol. The first-order valence-corrected chi connectivity index (χ1v) is 7.51. The molecule has 0 fully saturated rings. The predicted octanol–water partition coefficient (Wildman–Crippen LogP) is 0.930. The van der Waals surface area contributed by atoms with E-state index in [1.54, 1.807) is 13.0 Å². The third-order valence-electron chi connectivity index (χ3n) is 3.43. The van der Waals surface area contributed by atoms with Crippen molar-refractivity contribution in [2.75, 3.05) is 13.2 Å². The molecule has 0 bridgehead atoms. The minimum absolute atomic E-state index is 0.244. The van der Waals surface area contributed by atoms with Gasteiger partial charge in [-0.3, -0.25) is 4.79 Å². The fourth-order valence-electron chi connectivity index (χ4n) is 2.29. The fraction of sp³-hybridized carbons (Fsp3) is 0.733. The maximum Gasteiger partial charge on any atom is 0.333 e. The minimum atomic E-state index is -0.866. The van der Waals surface area contributed by atoms with Crippen molar-refractivity contribution in [2.24, 2.45) is 0 Å². The third kappa shape index (κ3) is 5.47. The highest BCUT2D eigenvalue weighted by molar-refractivity contribution is 5.89. The number of esters is 1. The Morgan fingerprint density at radius 3 is 2.86 bits per heavy atom. The van der Waals surface area contributed by atoms with Crippen LogP contribution in [0.3, 0.4) is 0 Å². The Morgan fingerprint density at radius 1 is 1.48 bits per heavy atom. The molecule has 21 heavy (non-hydrogen) atoms. The summed E-state index contributed by atoms with van der Waals surface area (Å²) in [5, 5.41) is 12.7. The molecule has 0 aromatic heterocycles. The van der Waals surface area contributed by atoms with Gasteiger partial charge in [0.2, 0.25) is 6.41 Å². The summed E-state index contributed by atoms with van der Waals surface area (Å²) in [6, 6.07) is -0.539. The number of aliphatic hydroxyl groups excluding tert-OH is 1. The van der Waals surface area contributed by atoms with E-state index in [2.05, 4.69) is 12.2 Å². The van der Waals surface area contributed by atoms with Crippen LogP contribution >= 0.6 is 0 Å². The van der Waals surface area contributed by atoms with Crippen molar-refractivity contribution < 1.29 is 24.2 Å². The van der Waals surface area contributed by atoms with E-state index in [1.165, 1.54) is 0 Å². The number of aliphatic hydroxyl groups is 1. The summed E-state index contributed by atoms with van der Waals surface area (Å²) in [4.78, 5) is 22.5. The Kier molecular flexibility index (Phi) is 8.00. The highest BCUT2D eigenvalue weighted by Gasteiger charge is 2.34. The quantitative estimate of drug-likeness (QED) is 0.376. The average molecular weight is 299 g/mol. The van der Waals surface area contributed by atoms with Gasteiger partial charge in [-0.15, -0.1) is 0 Å². The summed E-state index contributed by atoms with van der Waals surface area (Å²) < 4.78 is 10.6. The molecule has 1 rings (SSSR count). The van der Waals surface area contributed by atoms with Gasteiger partial charge in [-0.2, -0.15) is 0 Å². The van der Waals surface area contributed by atoms with Crippen molar-refractivity contribution in [1.82, 2.24) is 5.32 Å². The topological polar surface area (TPSA) is 84.9 Å². The first-order chi connectivity index (χ1) is 10.1. The number of hydrogen-bond donors (Lipinski definition) is 2. The SMILES string of the molecule is CCCCCOC1C=C(C(=O)OCC)CC(NC=O)C1O. The molecule has 6 nitrogen and oxygen atoms in total. The molecule has 0 saturated heterocycles. The zero-order valence-corrected chi connectivity index (χ0v) is 12.7. The zero-order valence-electron chi connectivity index (χ0n) is 12.7. The first-order valence-electron chi connectivity index (χ1n) is 7.51. The average Bonchev–Trinajstić information content (AvgIpc) is 2.47. The van der Waals surface area contributed by atoms with Gasteiger partial charge in [0.1, 0.15) is 12.2 Å². The van der Waals surface area contributed by atoms with Crippen molar-refractivity contribution in [3.8, 4) is 0 Å². The van der Waals surface area contributed by atoms with E-state index in [0.717, 1.165) is 19.3 Å². The number of carbonyl (C=O) groups is 2. The molecule has 0 saturated carbocycles. The van der Waals surface area contributed by atoms with Crippen LogP contribution in [0.2, 0.25) is 0 Å². The molecule has 0 aliphatic heterocycles. The normalized spacial score (nSPS) is 25.1. The van der Waals surface area contributed by atoms with Gasteiger partial charge in [0, 0.05) is 18.6 Å². The largest absolute Gasteiger partial charge is 0.463 e. The fourth-order valence-corrected chi connectivity index (χ4v) is 2.29. The van der Waals surface area contributed by atoms with Crippen LogP contribution in [0.4, 0.5) is 0 Å². The van der Waals surface area contributed by atoms with E-state index < -0.39 is 24.2 Å². The van der Waals surface area contributed by atoms with Crippen LogP contribution in [-0.4, -0.2) is 48.9 Å². The molecule has 1 aliphatic carbocycles. The van der Waals surface area contributed by atoms with Crippen LogP contribution in [0, 0.1) is 0 Å². The molecule has 0 spiro atoms. The van der Waals surface area contributed by atoms with E-state index in [1.807, 2.05) is 0 Å². The Bertz CT molecular complexity index is 369. The molecule has 120 valence electrons. The standard InChI is InChI=1S/C15H25NO5/c1-3-5-6-7-21-13-9-11(15(19)20-4-2)8-12(14(13)18)16-10-17/h9-10,12-14,18H,3-8H2,1-2H3,(H,16,17). The molecule has 3 unspecified atom stereocenters. The van der Waals surface area contributed by atoms with Crippen molar-refractivity contribution >= 4 is 12.4 Å². The van der Waals surface area contributed by atoms with Crippen LogP contribution in [0.5, 0.6) is 0 Å². The number of nitrogens with one attached hydrogen (secondary N) is 1. The smallest absolute Gasteiger partial charge is 0.333 e. The highest BCUT2D eigenvalue weighted by atomic mass is 16.5. The van der Waals surface area contributed by atoms with Gasteiger partial charge in [0.15, 0.2) is 0 Å². The summed E-state index contributed by atoms with van der Waals surface area (Å²) in [6.07, 6.45) is 3.93. The lowest BCUT2D eigenvalue weighted by Crippen LogP contribution is -2.49. The van der Waals surface area contributed by atoms with Gasteiger partial charge in [-0.1, -0.05) is 19.8 Å². The second-order valence-corrected chi connectivity index (χ2v) is 5.04. The van der Waals surface area contributed by atoms with Crippen LogP contribution < -0.4 is 5.32 Å². The third-order valence-corrected chi connectivity index (χ3v) is 3.43. The van der Waals surface area contributed by atoms with Crippen molar-refractivity contribution in [3.05, 3.63) is 11.6 Å². The zero-order chi connectivity index (χ0) is 15.7. The number of rotatable bonds is 9. The van der Waals surface area contributed by atoms with Gasteiger partial charge in [0.05, 0.1) is 12.6 Å². The Labute approximate surface area is 125 Å². The molecule has 0 heterocycles. The number of carbonyl (C=O) groups excluding carboxylic acids is 2. The van der Waals surface area contributed by atoms with Crippen LogP contribution in [0.1, 0.15) is 39.5 Å². The number of unbranched alkanes of at least 4 members (excludes halogenated alkanes) is 2. The lowest BCUT2D eigenvalue weighted by molar-refractivity contribution is -0.139. The van der Waals surface area contributed by atoms with Gasteiger partial charge in [0.25, 0.3) is 0 Å². The summed E-state index contributed by atoms with van der Waals surface area (Å²) in [5.74, 6) is -0.427. The van der Waals surface area contributed by atoms with E-state index in [0.29, 0.717) is 18.6 Å². The second-order valence-electron chi connectivity index (χ2n) is 5.04. The summed E-state index contributed by atoms with van der Waals surface area (Å²) in [6.45, 7) is 4.62. The number of amides is 1.